The molecule has 174 valence electrons. The molecule has 1 unspecified atom stereocenters. The van der Waals surface area contributed by atoms with Gasteiger partial charge in [0.2, 0.25) is 5.91 Å². The summed E-state index contributed by atoms with van der Waals surface area (Å²) in [6, 6.07) is -1.31. The van der Waals surface area contributed by atoms with Crippen molar-refractivity contribution in [3.63, 3.8) is 0 Å². The van der Waals surface area contributed by atoms with E-state index in [0.717, 1.165) is 25.4 Å². The normalized spacial score (nSPS) is 35.0. The molecule has 3 saturated carbocycles. The van der Waals surface area contributed by atoms with E-state index in [1.165, 1.54) is 26.4 Å². The van der Waals surface area contributed by atoms with Gasteiger partial charge in [-0.05, 0) is 95.6 Å². The minimum Gasteiger partial charge on any atom is -0.467 e. The van der Waals surface area contributed by atoms with Gasteiger partial charge in [-0.3, -0.25) is 9.69 Å². The molecular formula is C23H37N3O5. The Hall–Kier alpha value is -1.83. The molecule has 3 aliphatic carbocycles. The average Bonchev–Trinajstić information content (AvgIpc) is 3.26. The monoisotopic (exact) mass is 435 g/mol. The topological polar surface area (TPSA) is 97.0 Å². The lowest BCUT2D eigenvalue weighted by molar-refractivity contribution is -0.148. The van der Waals surface area contributed by atoms with Crippen LogP contribution in [0.1, 0.15) is 59.3 Å². The van der Waals surface area contributed by atoms with E-state index in [9.17, 15) is 14.4 Å². The number of ether oxygens (including phenoxy) is 2. The van der Waals surface area contributed by atoms with Crippen LogP contribution >= 0.6 is 0 Å². The molecule has 8 nitrogen and oxygen atoms in total. The number of likely N-dealkylation sites (tertiary alicyclic amines) is 1. The molecule has 2 bridgehead atoms. The van der Waals surface area contributed by atoms with Crippen molar-refractivity contribution >= 4 is 18.0 Å². The first-order chi connectivity index (χ1) is 14.6. The van der Waals surface area contributed by atoms with Crippen molar-refractivity contribution in [2.24, 2.45) is 23.2 Å². The van der Waals surface area contributed by atoms with Crippen LogP contribution in [0.3, 0.4) is 0 Å². The molecule has 2 saturated heterocycles. The number of hydrogen-bond acceptors (Lipinski definition) is 6. The number of methoxy groups -OCH3 is 1. The lowest BCUT2D eigenvalue weighted by Gasteiger charge is -2.65. The zero-order valence-electron chi connectivity index (χ0n) is 19.2. The first kappa shape index (κ1) is 22.4. The maximum atomic E-state index is 13.3. The van der Waals surface area contributed by atoms with Crippen molar-refractivity contribution in [1.29, 1.82) is 0 Å². The van der Waals surface area contributed by atoms with E-state index in [1.807, 2.05) is 20.8 Å². The molecule has 31 heavy (non-hydrogen) atoms. The number of nitrogens with zero attached hydrogens (tertiary/aromatic N) is 1. The number of esters is 1. The largest absolute Gasteiger partial charge is 0.467 e. The molecule has 5 rings (SSSR count). The third-order valence-electron chi connectivity index (χ3n) is 7.72. The van der Waals surface area contributed by atoms with E-state index in [-0.39, 0.29) is 5.91 Å². The summed E-state index contributed by atoms with van der Waals surface area (Å²) >= 11 is 0. The molecule has 0 aromatic heterocycles. The fourth-order valence-corrected chi connectivity index (χ4v) is 5.97. The van der Waals surface area contributed by atoms with Crippen LogP contribution in [0.15, 0.2) is 0 Å². The summed E-state index contributed by atoms with van der Waals surface area (Å²) in [5.74, 6) is 0.769. The first-order valence-corrected chi connectivity index (χ1v) is 11.7. The highest BCUT2D eigenvalue weighted by Crippen LogP contribution is 2.69. The van der Waals surface area contributed by atoms with Gasteiger partial charge in [0.05, 0.1) is 7.11 Å². The summed E-state index contributed by atoms with van der Waals surface area (Å²) in [5, 5.41) is 6.21. The maximum absolute atomic E-state index is 13.3. The zero-order valence-corrected chi connectivity index (χ0v) is 19.2. The van der Waals surface area contributed by atoms with Crippen molar-refractivity contribution < 1.29 is 23.9 Å². The fourth-order valence-electron chi connectivity index (χ4n) is 5.97. The van der Waals surface area contributed by atoms with E-state index in [0.29, 0.717) is 36.6 Å². The van der Waals surface area contributed by atoms with Crippen molar-refractivity contribution in [3.05, 3.63) is 0 Å². The van der Waals surface area contributed by atoms with Crippen LogP contribution in [0, 0.1) is 23.2 Å². The third kappa shape index (κ3) is 4.54. The SMILES string of the molecule is COC(=O)[C@H](C[C@@H]1CCNC1)NC(=O)[C@@H]1CC(C23CC(C2)C3)CN1C(=O)OC(C)(C)C. The van der Waals surface area contributed by atoms with Gasteiger partial charge in [-0.2, -0.15) is 0 Å². The summed E-state index contributed by atoms with van der Waals surface area (Å²) in [6.07, 6.45) is 5.35. The molecular weight excluding hydrogens is 398 g/mol. The average molecular weight is 436 g/mol. The highest BCUT2D eigenvalue weighted by atomic mass is 16.6. The van der Waals surface area contributed by atoms with Crippen LogP contribution in [0.2, 0.25) is 0 Å². The molecule has 0 spiro atoms. The molecule has 0 aromatic carbocycles. The molecule has 5 aliphatic rings. The minimum atomic E-state index is -0.697. The van der Waals surface area contributed by atoms with Gasteiger partial charge in [-0.25, -0.2) is 9.59 Å². The van der Waals surface area contributed by atoms with Gasteiger partial charge in [0.15, 0.2) is 0 Å². The van der Waals surface area contributed by atoms with Crippen LogP contribution < -0.4 is 10.6 Å². The van der Waals surface area contributed by atoms with E-state index in [4.69, 9.17) is 9.47 Å². The zero-order chi connectivity index (χ0) is 22.4. The maximum Gasteiger partial charge on any atom is 0.410 e. The Morgan fingerprint density at radius 3 is 2.45 bits per heavy atom. The molecule has 4 atom stereocenters. The Morgan fingerprint density at radius 1 is 1.23 bits per heavy atom. The van der Waals surface area contributed by atoms with Gasteiger partial charge < -0.3 is 20.1 Å². The molecule has 5 fully saturated rings. The van der Waals surface area contributed by atoms with Crippen molar-refractivity contribution in [2.45, 2.75) is 77.0 Å². The van der Waals surface area contributed by atoms with E-state index < -0.39 is 29.7 Å². The Labute approximate surface area is 184 Å². The fraction of sp³-hybridized carbons (Fsp3) is 0.870. The number of hydrogen-bond donors (Lipinski definition) is 2. The summed E-state index contributed by atoms with van der Waals surface area (Å²) in [5.41, 5.74) is -0.326. The Kier molecular flexibility index (Phi) is 5.96. The Bertz CT molecular complexity index is 710. The Morgan fingerprint density at radius 2 is 1.94 bits per heavy atom. The van der Waals surface area contributed by atoms with E-state index in [1.54, 1.807) is 4.90 Å². The van der Waals surface area contributed by atoms with Gasteiger partial charge in [0.1, 0.15) is 17.7 Å². The third-order valence-corrected chi connectivity index (χ3v) is 7.72. The van der Waals surface area contributed by atoms with Gasteiger partial charge in [-0.1, -0.05) is 0 Å². The summed E-state index contributed by atoms with van der Waals surface area (Å²) in [7, 11) is 1.34. The smallest absolute Gasteiger partial charge is 0.410 e. The number of carbonyl (C=O) groups excluding carboxylic acids is 3. The quantitative estimate of drug-likeness (QED) is 0.620. The number of rotatable bonds is 6. The van der Waals surface area contributed by atoms with Gasteiger partial charge in [0.25, 0.3) is 0 Å². The summed E-state index contributed by atoms with van der Waals surface area (Å²) in [4.78, 5) is 40.3. The molecule has 2 N–H and O–H groups in total. The highest BCUT2D eigenvalue weighted by Gasteiger charge is 2.63. The van der Waals surface area contributed by atoms with Crippen LogP contribution in [0.4, 0.5) is 4.79 Å². The van der Waals surface area contributed by atoms with Crippen molar-refractivity contribution in [2.75, 3.05) is 26.7 Å². The minimum absolute atomic E-state index is 0.277. The highest BCUT2D eigenvalue weighted by molar-refractivity contribution is 5.90. The molecule has 2 heterocycles. The van der Waals surface area contributed by atoms with E-state index in [2.05, 4.69) is 10.6 Å². The Balaban J connectivity index is 1.46. The van der Waals surface area contributed by atoms with E-state index >= 15 is 0 Å². The second-order valence-electron chi connectivity index (χ2n) is 11.1. The second-order valence-corrected chi connectivity index (χ2v) is 11.1. The first-order valence-electron chi connectivity index (χ1n) is 11.7. The van der Waals surface area contributed by atoms with Gasteiger partial charge >= 0.3 is 12.1 Å². The molecule has 2 amide bonds. The predicted octanol–water partition coefficient (Wildman–Crippen LogP) is 2.07. The van der Waals surface area contributed by atoms with Crippen LogP contribution in [-0.2, 0) is 19.1 Å². The molecule has 8 heteroatoms. The van der Waals surface area contributed by atoms with Crippen LogP contribution in [-0.4, -0.2) is 67.3 Å². The molecule has 2 aliphatic heterocycles. The number of nitrogens with one attached hydrogen (secondary N) is 2. The second kappa shape index (κ2) is 8.26. The summed E-state index contributed by atoms with van der Waals surface area (Å²) in [6.45, 7) is 7.80. The lowest BCUT2D eigenvalue weighted by Crippen LogP contribution is -2.56. The van der Waals surface area contributed by atoms with Crippen molar-refractivity contribution in [3.8, 4) is 0 Å². The molecule has 0 radical (unpaired) electrons. The standard InChI is InChI=1S/C23H37N3O5/c1-22(2,3)31-21(29)26-13-16(23-9-15(10-23)11-23)8-18(26)19(27)25-17(20(28)30-4)7-14-5-6-24-12-14/h14-18,24H,5-13H2,1-4H3,(H,25,27)/t14-,15?,16?,17-,18-,23?/m0/s1. The predicted molar refractivity (Wildman–Crippen MR) is 114 cm³/mol. The number of carbonyl (C=O) groups is 3. The summed E-state index contributed by atoms with van der Waals surface area (Å²) < 4.78 is 10.6. The van der Waals surface area contributed by atoms with Crippen molar-refractivity contribution in [1.82, 2.24) is 15.5 Å². The van der Waals surface area contributed by atoms with Crippen LogP contribution in [0.5, 0.6) is 0 Å². The molecule has 0 aromatic rings. The van der Waals surface area contributed by atoms with Gasteiger partial charge in [0, 0.05) is 6.54 Å². The van der Waals surface area contributed by atoms with Crippen LogP contribution in [0.25, 0.3) is 0 Å². The van der Waals surface area contributed by atoms with Gasteiger partial charge in [-0.15, -0.1) is 0 Å². The lowest BCUT2D eigenvalue weighted by atomic mass is 9.40. The number of amides is 2.